The van der Waals surface area contributed by atoms with Crippen LogP contribution in [0.2, 0.25) is 0 Å². The minimum Gasteiger partial charge on any atom is -0.348 e. The predicted molar refractivity (Wildman–Crippen MR) is 130 cm³/mol. The number of nitrogens with zero attached hydrogens (tertiary/aromatic N) is 2. The van der Waals surface area contributed by atoms with E-state index in [0.29, 0.717) is 23.5 Å². The van der Waals surface area contributed by atoms with Crippen LogP contribution in [0.15, 0.2) is 0 Å². The van der Waals surface area contributed by atoms with Gasteiger partial charge >= 0.3 is 0 Å². The van der Waals surface area contributed by atoms with E-state index in [1.807, 2.05) is 9.80 Å². The van der Waals surface area contributed by atoms with Gasteiger partial charge in [0.2, 0.25) is 0 Å². The van der Waals surface area contributed by atoms with E-state index in [9.17, 15) is 0 Å². The SMILES string of the molecule is S=C(CCCCCCCCCCC(=S)N(CS)CS)N(CS)CS. The van der Waals surface area contributed by atoms with Crippen molar-refractivity contribution in [1.82, 2.24) is 9.80 Å². The third-order valence-corrected chi connectivity index (χ3v) is 6.21. The first kappa shape index (κ1) is 25.2. The molecule has 2 nitrogen and oxygen atoms in total. The van der Waals surface area contributed by atoms with E-state index in [1.54, 1.807) is 0 Å². The number of hydrogen-bond acceptors (Lipinski definition) is 6. The Labute approximate surface area is 181 Å². The highest BCUT2D eigenvalue weighted by atomic mass is 32.1. The van der Waals surface area contributed by atoms with E-state index in [4.69, 9.17) is 24.4 Å². The van der Waals surface area contributed by atoms with Crippen LogP contribution in [-0.2, 0) is 0 Å². The smallest absolute Gasteiger partial charge is 0.0792 e. The lowest BCUT2D eigenvalue weighted by Gasteiger charge is -2.20. The monoisotopic (exact) mass is 444 g/mol. The first-order chi connectivity index (χ1) is 11.6. The third kappa shape index (κ3) is 12.5. The first-order valence-corrected chi connectivity index (χ1v) is 11.9. The molecule has 0 saturated carbocycles. The maximum absolute atomic E-state index is 5.38. The molecule has 0 aromatic heterocycles. The van der Waals surface area contributed by atoms with Crippen molar-refractivity contribution in [3.05, 3.63) is 0 Å². The van der Waals surface area contributed by atoms with Crippen molar-refractivity contribution in [2.45, 2.75) is 64.2 Å². The quantitative estimate of drug-likeness (QED) is 0.111. The van der Waals surface area contributed by atoms with Crippen LogP contribution >= 0.6 is 75.0 Å². The molecule has 0 aromatic carbocycles. The molecule has 0 heterocycles. The average Bonchev–Trinajstić information content (AvgIpc) is 2.58. The Morgan fingerprint density at radius 3 is 1.00 bits per heavy atom. The fourth-order valence-electron chi connectivity index (χ4n) is 2.33. The molecule has 0 aliphatic heterocycles. The average molecular weight is 445 g/mol. The topological polar surface area (TPSA) is 6.48 Å². The predicted octanol–water partition coefficient (Wildman–Crippen LogP) is 5.70. The Morgan fingerprint density at radius 1 is 0.500 bits per heavy atom. The Balaban J connectivity index is 3.43. The molecule has 0 aliphatic rings. The molecule has 0 unspecified atom stereocenters. The van der Waals surface area contributed by atoms with Crippen molar-refractivity contribution in [2.24, 2.45) is 0 Å². The van der Waals surface area contributed by atoms with Crippen molar-refractivity contribution in [3.8, 4) is 0 Å². The maximum atomic E-state index is 5.38. The van der Waals surface area contributed by atoms with Gasteiger partial charge in [-0.3, -0.25) is 0 Å². The van der Waals surface area contributed by atoms with Gasteiger partial charge in [-0.15, -0.1) is 0 Å². The van der Waals surface area contributed by atoms with E-state index in [0.717, 1.165) is 22.8 Å². The normalized spacial score (nSPS) is 10.7. The molecule has 0 N–H and O–H groups in total. The Bertz CT molecular complexity index is 301. The summed E-state index contributed by atoms with van der Waals surface area (Å²) in [6, 6.07) is 0. The highest BCUT2D eigenvalue weighted by Crippen LogP contribution is 2.13. The summed E-state index contributed by atoms with van der Waals surface area (Å²) in [5, 5.41) is 0. The maximum Gasteiger partial charge on any atom is 0.0792 e. The molecule has 0 radical (unpaired) electrons. The minimum atomic E-state index is 0.658. The zero-order valence-corrected chi connectivity index (χ0v) is 19.6. The van der Waals surface area contributed by atoms with E-state index >= 15 is 0 Å². The second-order valence-corrected chi connectivity index (χ2v) is 7.84. The standard InChI is InChI=1S/C16H32N2S6/c19-11-17(12-20)15(23)9-7-5-3-1-2-4-6-8-10-16(24)18(13-21)14-22/h19-22H,1-14H2. The van der Waals surface area contributed by atoms with Gasteiger partial charge in [0.1, 0.15) is 0 Å². The largest absolute Gasteiger partial charge is 0.348 e. The van der Waals surface area contributed by atoms with Gasteiger partial charge in [0.25, 0.3) is 0 Å². The number of hydrogen-bond donors (Lipinski definition) is 4. The van der Waals surface area contributed by atoms with Crippen LogP contribution in [0.25, 0.3) is 0 Å². The minimum absolute atomic E-state index is 0.658. The molecule has 0 aromatic rings. The summed E-state index contributed by atoms with van der Waals surface area (Å²) in [7, 11) is 0. The molecule has 0 spiro atoms. The summed E-state index contributed by atoms with van der Waals surface area (Å²) < 4.78 is 0. The van der Waals surface area contributed by atoms with Crippen molar-refractivity contribution in [1.29, 1.82) is 0 Å². The van der Waals surface area contributed by atoms with Gasteiger partial charge in [-0.2, -0.15) is 50.5 Å². The first-order valence-electron chi connectivity index (χ1n) is 8.59. The molecule has 24 heavy (non-hydrogen) atoms. The second kappa shape index (κ2) is 17.6. The highest BCUT2D eigenvalue weighted by molar-refractivity contribution is 7.82. The summed E-state index contributed by atoms with van der Waals surface area (Å²) in [6.07, 6.45) is 12.1. The summed E-state index contributed by atoms with van der Waals surface area (Å²) in [4.78, 5) is 6.03. The van der Waals surface area contributed by atoms with E-state index in [1.165, 1.54) is 51.4 Å². The molecule has 0 aliphatic carbocycles. The Kier molecular flexibility index (Phi) is 18.5. The molecule has 0 saturated heterocycles. The Morgan fingerprint density at radius 2 is 0.750 bits per heavy atom. The molecule has 0 fully saturated rings. The molecule has 8 heteroatoms. The number of unbranched alkanes of at least 4 members (excludes halogenated alkanes) is 7. The molecule has 0 bridgehead atoms. The van der Waals surface area contributed by atoms with Crippen LogP contribution in [0.1, 0.15) is 64.2 Å². The number of rotatable bonds is 15. The van der Waals surface area contributed by atoms with Crippen molar-refractivity contribution in [3.63, 3.8) is 0 Å². The fourth-order valence-corrected chi connectivity index (χ4v) is 4.66. The third-order valence-electron chi connectivity index (χ3n) is 3.92. The highest BCUT2D eigenvalue weighted by Gasteiger charge is 2.06. The lowest BCUT2D eigenvalue weighted by Crippen LogP contribution is -2.26. The Hall–Kier alpha value is 1.18. The number of thiol groups is 4. The zero-order chi connectivity index (χ0) is 18.2. The van der Waals surface area contributed by atoms with Crippen LogP contribution in [-0.4, -0.2) is 43.3 Å². The lowest BCUT2D eigenvalue weighted by atomic mass is 10.1. The van der Waals surface area contributed by atoms with Gasteiger partial charge in [0, 0.05) is 0 Å². The van der Waals surface area contributed by atoms with Gasteiger partial charge in [0.05, 0.1) is 33.5 Å². The molecular formula is C16H32N2S6. The fraction of sp³-hybridized carbons (Fsp3) is 0.875. The number of thiocarbonyl (C=S) groups is 2. The molecule has 142 valence electrons. The van der Waals surface area contributed by atoms with Crippen molar-refractivity contribution >= 4 is 84.9 Å². The van der Waals surface area contributed by atoms with Crippen LogP contribution < -0.4 is 0 Å². The van der Waals surface area contributed by atoms with Crippen LogP contribution in [0.4, 0.5) is 0 Å². The molecule has 0 amide bonds. The van der Waals surface area contributed by atoms with Gasteiger partial charge in [-0.1, -0.05) is 63.0 Å². The van der Waals surface area contributed by atoms with Crippen LogP contribution in [0, 0.1) is 0 Å². The molecular weight excluding hydrogens is 413 g/mol. The summed E-state index contributed by atoms with van der Waals surface area (Å²) in [5.74, 6) is 2.63. The van der Waals surface area contributed by atoms with Crippen molar-refractivity contribution in [2.75, 3.05) is 23.5 Å². The molecule has 0 rings (SSSR count). The molecule has 0 atom stereocenters. The van der Waals surface area contributed by atoms with Gasteiger partial charge < -0.3 is 9.80 Å². The van der Waals surface area contributed by atoms with Gasteiger partial charge in [0.15, 0.2) is 0 Å². The van der Waals surface area contributed by atoms with Crippen molar-refractivity contribution < 1.29 is 0 Å². The van der Waals surface area contributed by atoms with Gasteiger partial charge in [-0.05, 0) is 25.7 Å². The van der Waals surface area contributed by atoms with E-state index in [-0.39, 0.29) is 0 Å². The van der Waals surface area contributed by atoms with Crippen LogP contribution in [0.5, 0.6) is 0 Å². The lowest BCUT2D eigenvalue weighted by molar-refractivity contribution is 0.543. The van der Waals surface area contributed by atoms with E-state index in [2.05, 4.69) is 50.5 Å². The summed E-state index contributed by atoms with van der Waals surface area (Å²) in [5.41, 5.74) is 0. The summed E-state index contributed by atoms with van der Waals surface area (Å²) in [6.45, 7) is 0. The zero-order valence-electron chi connectivity index (χ0n) is 14.4. The van der Waals surface area contributed by atoms with Crippen LogP contribution in [0.3, 0.4) is 0 Å². The summed E-state index contributed by atoms with van der Waals surface area (Å²) >= 11 is 27.8. The van der Waals surface area contributed by atoms with E-state index < -0.39 is 0 Å². The second-order valence-electron chi connectivity index (χ2n) is 5.76. The van der Waals surface area contributed by atoms with Gasteiger partial charge in [-0.25, -0.2) is 0 Å².